The summed E-state index contributed by atoms with van der Waals surface area (Å²) in [6.45, 7) is 4.79. The number of aryl methyl sites for hydroxylation is 2. The van der Waals surface area contributed by atoms with E-state index in [1.807, 2.05) is 32.0 Å². The van der Waals surface area contributed by atoms with Gasteiger partial charge in [0.25, 0.3) is 0 Å². The Bertz CT molecular complexity index is 406. The van der Waals surface area contributed by atoms with Crippen LogP contribution in [0.1, 0.15) is 18.1 Å². The molecular weight excluding hydrogens is 206 g/mol. The van der Waals surface area contributed by atoms with Crippen molar-refractivity contribution in [2.24, 2.45) is 0 Å². The minimum absolute atomic E-state index is 0.264. The molecule has 0 radical (unpaired) electrons. The number of para-hydroxylation sites is 1. The van der Waals surface area contributed by atoms with Gasteiger partial charge in [-0.25, -0.2) is 0 Å². The number of rotatable bonds is 3. The van der Waals surface area contributed by atoms with Gasteiger partial charge in [0, 0.05) is 6.92 Å². The fraction of sp³-hybridized carbons (Fsp3) is 0.333. The highest BCUT2D eigenvalue weighted by molar-refractivity contribution is 5.97. The molecule has 0 aromatic heterocycles. The average Bonchev–Trinajstić information content (AvgIpc) is 2.15. The van der Waals surface area contributed by atoms with E-state index in [4.69, 9.17) is 5.11 Å². The number of hydrogen-bond acceptors (Lipinski definition) is 2. The number of amides is 1. The van der Waals surface area contributed by atoms with Crippen molar-refractivity contribution in [2.45, 2.75) is 20.8 Å². The van der Waals surface area contributed by atoms with Crippen LogP contribution in [0.25, 0.3) is 0 Å². The normalized spacial score (nSPS) is 9.94. The lowest BCUT2D eigenvalue weighted by atomic mass is 10.1. The quantitative estimate of drug-likeness (QED) is 0.845. The van der Waals surface area contributed by atoms with E-state index in [2.05, 4.69) is 0 Å². The number of anilines is 1. The number of benzene rings is 1. The summed E-state index contributed by atoms with van der Waals surface area (Å²) < 4.78 is 0. The summed E-state index contributed by atoms with van der Waals surface area (Å²) in [6.07, 6.45) is 0. The summed E-state index contributed by atoms with van der Waals surface area (Å²) in [5.41, 5.74) is 2.49. The summed E-state index contributed by atoms with van der Waals surface area (Å²) in [6, 6.07) is 5.60. The molecule has 1 N–H and O–H groups in total. The van der Waals surface area contributed by atoms with Crippen molar-refractivity contribution in [3.05, 3.63) is 29.3 Å². The van der Waals surface area contributed by atoms with Crippen LogP contribution in [-0.4, -0.2) is 23.5 Å². The van der Waals surface area contributed by atoms with Gasteiger partial charge in [0.1, 0.15) is 6.54 Å². The molecule has 86 valence electrons. The zero-order valence-corrected chi connectivity index (χ0v) is 9.65. The van der Waals surface area contributed by atoms with Crippen molar-refractivity contribution >= 4 is 17.6 Å². The summed E-state index contributed by atoms with van der Waals surface area (Å²) in [4.78, 5) is 23.4. The SMILES string of the molecule is CC(=O)N(CC(=O)O)c1c(C)cccc1C. The molecule has 0 aliphatic rings. The molecule has 0 aliphatic carbocycles. The van der Waals surface area contributed by atoms with Gasteiger partial charge in [0.15, 0.2) is 0 Å². The van der Waals surface area contributed by atoms with Gasteiger partial charge in [0.05, 0.1) is 5.69 Å². The van der Waals surface area contributed by atoms with Crippen LogP contribution in [-0.2, 0) is 9.59 Å². The summed E-state index contributed by atoms with van der Waals surface area (Å²) in [7, 11) is 0. The second-order valence-corrected chi connectivity index (χ2v) is 3.74. The number of carbonyl (C=O) groups is 2. The molecule has 0 bridgehead atoms. The van der Waals surface area contributed by atoms with E-state index in [1.54, 1.807) is 0 Å². The molecule has 0 aliphatic heterocycles. The first-order valence-corrected chi connectivity index (χ1v) is 4.99. The van der Waals surface area contributed by atoms with E-state index in [9.17, 15) is 9.59 Å². The maximum atomic E-state index is 11.4. The Hall–Kier alpha value is -1.84. The van der Waals surface area contributed by atoms with Crippen molar-refractivity contribution in [2.75, 3.05) is 11.4 Å². The van der Waals surface area contributed by atoms with Crippen LogP contribution in [0, 0.1) is 13.8 Å². The fourth-order valence-electron chi connectivity index (χ4n) is 1.71. The minimum Gasteiger partial charge on any atom is -0.480 e. The smallest absolute Gasteiger partial charge is 0.323 e. The third kappa shape index (κ3) is 2.59. The first kappa shape index (κ1) is 12.2. The molecule has 1 aromatic carbocycles. The Balaban J connectivity index is 3.20. The molecule has 0 saturated heterocycles. The summed E-state index contributed by atoms with van der Waals surface area (Å²) >= 11 is 0. The van der Waals surface area contributed by atoms with Gasteiger partial charge in [-0.15, -0.1) is 0 Å². The van der Waals surface area contributed by atoms with Crippen molar-refractivity contribution in [3.63, 3.8) is 0 Å². The molecule has 1 rings (SSSR count). The molecule has 4 nitrogen and oxygen atoms in total. The van der Waals surface area contributed by atoms with Gasteiger partial charge in [-0.2, -0.15) is 0 Å². The standard InChI is InChI=1S/C12H15NO3/c1-8-5-4-6-9(2)12(8)13(10(3)14)7-11(15)16/h4-6H,7H2,1-3H3,(H,15,16). The predicted octanol–water partition coefficient (Wildman–Crippen LogP) is 1.74. The maximum absolute atomic E-state index is 11.4. The van der Waals surface area contributed by atoms with Crippen LogP contribution in [0.3, 0.4) is 0 Å². The van der Waals surface area contributed by atoms with E-state index < -0.39 is 5.97 Å². The number of carbonyl (C=O) groups excluding carboxylic acids is 1. The molecular formula is C12H15NO3. The van der Waals surface area contributed by atoms with E-state index in [0.29, 0.717) is 5.69 Å². The van der Waals surface area contributed by atoms with Crippen LogP contribution >= 0.6 is 0 Å². The topological polar surface area (TPSA) is 57.6 Å². The zero-order chi connectivity index (χ0) is 12.3. The lowest BCUT2D eigenvalue weighted by molar-refractivity contribution is -0.136. The monoisotopic (exact) mass is 221 g/mol. The maximum Gasteiger partial charge on any atom is 0.323 e. The number of carboxylic acids is 1. The lowest BCUT2D eigenvalue weighted by Gasteiger charge is -2.23. The van der Waals surface area contributed by atoms with Crippen LogP contribution in [0.4, 0.5) is 5.69 Å². The Kier molecular flexibility index (Phi) is 3.66. The summed E-state index contributed by atoms with van der Waals surface area (Å²) in [5.74, 6) is -1.28. The van der Waals surface area contributed by atoms with E-state index in [-0.39, 0.29) is 12.5 Å². The zero-order valence-electron chi connectivity index (χ0n) is 9.65. The van der Waals surface area contributed by atoms with Crippen molar-refractivity contribution < 1.29 is 14.7 Å². The van der Waals surface area contributed by atoms with Crippen LogP contribution in [0.5, 0.6) is 0 Å². The van der Waals surface area contributed by atoms with Gasteiger partial charge in [-0.3, -0.25) is 9.59 Å². The second-order valence-electron chi connectivity index (χ2n) is 3.74. The van der Waals surface area contributed by atoms with Crippen LogP contribution in [0.2, 0.25) is 0 Å². The molecule has 0 fully saturated rings. The number of hydrogen-bond donors (Lipinski definition) is 1. The van der Waals surface area contributed by atoms with Gasteiger partial charge in [-0.1, -0.05) is 18.2 Å². The molecule has 4 heteroatoms. The fourth-order valence-corrected chi connectivity index (χ4v) is 1.71. The van der Waals surface area contributed by atoms with Crippen LogP contribution < -0.4 is 4.90 Å². The third-order valence-corrected chi connectivity index (χ3v) is 2.38. The number of aliphatic carboxylic acids is 1. The van der Waals surface area contributed by atoms with E-state index >= 15 is 0 Å². The Labute approximate surface area is 94.5 Å². The summed E-state index contributed by atoms with van der Waals surface area (Å²) in [5, 5.41) is 8.78. The molecule has 16 heavy (non-hydrogen) atoms. The largest absolute Gasteiger partial charge is 0.480 e. The molecule has 0 heterocycles. The minimum atomic E-state index is -1.02. The Morgan fingerprint density at radius 3 is 2.12 bits per heavy atom. The Morgan fingerprint density at radius 1 is 1.25 bits per heavy atom. The van der Waals surface area contributed by atoms with E-state index in [1.165, 1.54) is 11.8 Å². The molecule has 1 aromatic rings. The predicted molar refractivity (Wildman–Crippen MR) is 61.6 cm³/mol. The number of carboxylic acid groups (broad SMARTS) is 1. The molecule has 0 saturated carbocycles. The third-order valence-electron chi connectivity index (χ3n) is 2.38. The van der Waals surface area contributed by atoms with E-state index in [0.717, 1.165) is 11.1 Å². The highest BCUT2D eigenvalue weighted by atomic mass is 16.4. The molecule has 1 amide bonds. The molecule has 0 unspecified atom stereocenters. The van der Waals surface area contributed by atoms with Crippen molar-refractivity contribution in [3.8, 4) is 0 Å². The first-order chi connectivity index (χ1) is 7.43. The van der Waals surface area contributed by atoms with Gasteiger partial charge >= 0.3 is 5.97 Å². The highest BCUT2D eigenvalue weighted by Crippen LogP contribution is 2.24. The lowest BCUT2D eigenvalue weighted by Crippen LogP contribution is -2.34. The van der Waals surface area contributed by atoms with Gasteiger partial charge < -0.3 is 10.0 Å². The molecule has 0 atom stereocenters. The molecule has 0 spiro atoms. The van der Waals surface area contributed by atoms with Gasteiger partial charge in [-0.05, 0) is 25.0 Å². The van der Waals surface area contributed by atoms with Crippen molar-refractivity contribution in [1.29, 1.82) is 0 Å². The van der Waals surface area contributed by atoms with Crippen molar-refractivity contribution in [1.82, 2.24) is 0 Å². The second kappa shape index (κ2) is 4.79. The Morgan fingerprint density at radius 2 is 1.75 bits per heavy atom. The average molecular weight is 221 g/mol. The van der Waals surface area contributed by atoms with Crippen LogP contribution in [0.15, 0.2) is 18.2 Å². The first-order valence-electron chi connectivity index (χ1n) is 4.99. The van der Waals surface area contributed by atoms with Gasteiger partial charge in [0.2, 0.25) is 5.91 Å². The number of nitrogens with zero attached hydrogens (tertiary/aromatic N) is 1. The highest BCUT2D eigenvalue weighted by Gasteiger charge is 2.18.